The average molecular weight is 406 g/mol. The maximum atomic E-state index is 6.36. The van der Waals surface area contributed by atoms with Crippen LogP contribution in [0.25, 0.3) is 0 Å². The third-order valence-electron chi connectivity index (χ3n) is 6.39. The van der Waals surface area contributed by atoms with E-state index in [4.69, 9.17) is 18.5 Å². The molecule has 0 aromatic heterocycles. The summed E-state index contributed by atoms with van der Waals surface area (Å²) in [5.74, 6) is 0.823. The van der Waals surface area contributed by atoms with E-state index in [0.29, 0.717) is 6.61 Å². The highest BCUT2D eigenvalue weighted by Gasteiger charge is 2.51. The number of hydrogen-bond donors (Lipinski definition) is 0. The largest absolute Gasteiger partial charge is 0.494 e. The maximum Gasteiger partial charge on any atom is 0.494 e. The van der Waals surface area contributed by atoms with Gasteiger partial charge >= 0.3 is 7.12 Å². The van der Waals surface area contributed by atoms with Crippen molar-refractivity contribution >= 4 is 20.9 Å². The molecule has 1 aromatic carbocycles. The van der Waals surface area contributed by atoms with Crippen LogP contribution in [-0.4, -0.2) is 38.8 Å². The van der Waals surface area contributed by atoms with Crippen LogP contribution in [0.2, 0.25) is 18.1 Å². The Hall–Kier alpha value is -0.818. The second kappa shape index (κ2) is 7.46. The Balaban J connectivity index is 2.00. The van der Waals surface area contributed by atoms with Gasteiger partial charge in [-0.3, -0.25) is 0 Å². The van der Waals surface area contributed by atoms with E-state index in [1.54, 1.807) is 0 Å². The predicted molar refractivity (Wildman–Crippen MR) is 120 cm³/mol. The van der Waals surface area contributed by atoms with Gasteiger partial charge in [-0.1, -0.05) is 32.9 Å². The normalized spacial score (nSPS) is 19.8. The van der Waals surface area contributed by atoms with Crippen molar-refractivity contribution in [3.63, 3.8) is 0 Å². The fraction of sp³-hybridized carbons (Fsp3) is 0.727. The highest BCUT2D eigenvalue weighted by molar-refractivity contribution is 6.74. The quantitative estimate of drug-likeness (QED) is 0.611. The van der Waals surface area contributed by atoms with Gasteiger partial charge in [0.2, 0.25) is 0 Å². The van der Waals surface area contributed by atoms with Crippen molar-refractivity contribution in [1.82, 2.24) is 0 Å². The van der Waals surface area contributed by atoms with Crippen LogP contribution < -0.4 is 10.2 Å². The van der Waals surface area contributed by atoms with Gasteiger partial charge in [-0.25, -0.2) is 0 Å². The summed E-state index contributed by atoms with van der Waals surface area (Å²) in [4.78, 5) is 0. The molecule has 0 aliphatic carbocycles. The first-order valence-corrected chi connectivity index (χ1v) is 13.2. The molecule has 1 fully saturated rings. The predicted octanol–water partition coefficient (Wildman–Crippen LogP) is 5.17. The molecule has 0 N–H and O–H groups in total. The van der Waals surface area contributed by atoms with Gasteiger partial charge in [0.05, 0.1) is 17.8 Å². The SMILES string of the molecule is CC(C)(CO[Si](C)(C)C(C)(C)C)Oc1ccc(B2OC(C)(C)C(C)(C)O2)cc1. The van der Waals surface area contributed by atoms with Gasteiger partial charge in [-0.05, 0) is 77.3 Å². The Bertz CT molecular complexity index is 659. The zero-order chi connectivity index (χ0) is 21.6. The van der Waals surface area contributed by atoms with Crippen molar-refractivity contribution in [2.75, 3.05) is 6.61 Å². The summed E-state index contributed by atoms with van der Waals surface area (Å²) in [6.45, 7) is 24.3. The molecule has 0 unspecified atom stereocenters. The third kappa shape index (κ3) is 5.21. The summed E-state index contributed by atoms with van der Waals surface area (Å²) in [5.41, 5.74) is -0.0750. The monoisotopic (exact) mass is 406 g/mol. The fourth-order valence-electron chi connectivity index (χ4n) is 2.59. The molecule has 4 nitrogen and oxygen atoms in total. The standard InChI is InChI=1S/C22H39BO4Si/c1-19(2,3)28(10,11)24-16-20(4,5)25-18-14-12-17(13-15-18)23-26-21(6,7)22(8,9)27-23/h12-15H,16H2,1-11H3. The van der Waals surface area contributed by atoms with E-state index in [1.807, 2.05) is 24.3 Å². The van der Waals surface area contributed by atoms with Crippen molar-refractivity contribution < 1.29 is 18.5 Å². The Morgan fingerprint density at radius 2 is 1.36 bits per heavy atom. The second-order valence-electron chi connectivity index (χ2n) is 11.1. The molecule has 0 amide bonds. The van der Waals surface area contributed by atoms with Gasteiger partial charge in [0, 0.05) is 0 Å². The molecule has 0 atom stereocenters. The molecule has 1 aliphatic rings. The molecule has 1 heterocycles. The van der Waals surface area contributed by atoms with Crippen LogP contribution in [-0.2, 0) is 13.7 Å². The van der Waals surface area contributed by atoms with E-state index in [-0.39, 0.29) is 23.4 Å². The van der Waals surface area contributed by atoms with Gasteiger partial charge in [0.15, 0.2) is 8.32 Å². The summed E-state index contributed by atoms with van der Waals surface area (Å²) >= 11 is 0. The highest BCUT2D eigenvalue weighted by Crippen LogP contribution is 2.38. The molecular formula is C22H39BO4Si. The van der Waals surface area contributed by atoms with E-state index >= 15 is 0 Å². The highest BCUT2D eigenvalue weighted by atomic mass is 28.4. The Labute approximate surface area is 173 Å². The van der Waals surface area contributed by atoms with Crippen molar-refractivity contribution in [3.05, 3.63) is 24.3 Å². The van der Waals surface area contributed by atoms with Gasteiger partial charge in [-0.15, -0.1) is 0 Å². The minimum Gasteiger partial charge on any atom is -0.486 e. The lowest BCUT2D eigenvalue weighted by molar-refractivity contribution is 0.00578. The van der Waals surface area contributed by atoms with Gasteiger partial charge in [0.1, 0.15) is 11.4 Å². The lowest BCUT2D eigenvalue weighted by Gasteiger charge is -2.39. The van der Waals surface area contributed by atoms with Crippen LogP contribution in [0.5, 0.6) is 5.75 Å². The van der Waals surface area contributed by atoms with Gasteiger partial charge in [0.25, 0.3) is 0 Å². The van der Waals surface area contributed by atoms with Crippen molar-refractivity contribution in [3.8, 4) is 5.75 Å². The number of ether oxygens (including phenoxy) is 1. The molecule has 1 aromatic rings. The van der Waals surface area contributed by atoms with E-state index < -0.39 is 13.9 Å². The van der Waals surface area contributed by atoms with Crippen molar-refractivity contribution in [2.24, 2.45) is 0 Å². The van der Waals surface area contributed by atoms with E-state index in [1.165, 1.54) is 0 Å². The number of rotatable bonds is 6. The van der Waals surface area contributed by atoms with Crippen LogP contribution in [0.3, 0.4) is 0 Å². The second-order valence-corrected chi connectivity index (χ2v) is 15.9. The zero-order valence-corrected chi connectivity index (χ0v) is 20.7. The Morgan fingerprint density at radius 3 is 1.79 bits per heavy atom. The third-order valence-corrected chi connectivity index (χ3v) is 10.9. The van der Waals surface area contributed by atoms with Gasteiger partial charge < -0.3 is 18.5 Å². The van der Waals surface area contributed by atoms with Crippen LogP contribution >= 0.6 is 0 Å². The van der Waals surface area contributed by atoms with Crippen LogP contribution in [0.15, 0.2) is 24.3 Å². The molecule has 0 saturated carbocycles. The molecule has 0 spiro atoms. The minimum atomic E-state index is -1.80. The van der Waals surface area contributed by atoms with Crippen LogP contribution in [0.4, 0.5) is 0 Å². The average Bonchev–Trinajstić information content (AvgIpc) is 2.73. The lowest BCUT2D eigenvalue weighted by atomic mass is 9.79. The topological polar surface area (TPSA) is 36.9 Å². The van der Waals surface area contributed by atoms with Crippen molar-refractivity contribution in [2.45, 2.75) is 97.2 Å². The smallest absolute Gasteiger partial charge is 0.486 e. The number of hydrogen-bond acceptors (Lipinski definition) is 4. The summed E-state index contributed by atoms with van der Waals surface area (Å²) in [6, 6.07) is 7.99. The van der Waals surface area contributed by atoms with E-state index in [9.17, 15) is 0 Å². The molecular weight excluding hydrogens is 367 g/mol. The van der Waals surface area contributed by atoms with E-state index in [2.05, 4.69) is 75.4 Å². The molecule has 158 valence electrons. The first-order chi connectivity index (χ1) is 12.5. The molecule has 1 saturated heterocycles. The molecule has 2 rings (SSSR count). The summed E-state index contributed by atoms with van der Waals surface area (Å²) < 4.78 is 24.8. The molecule has 28 heavy (non-hydrogen) atoms. The summed E-state index contributed by atoms with van der Waals surface area (Å²) in [6.07, 6.45) is 0. The molecule has 1 aliphatic heterocycles. The number of benzene rings is 1. The van der Waals surface area contributed by atoms with Gasteiger partial charge in [-0.2, -0.15) is 0 Å². The molecule has 0 bridgehead atoms. The molecule has 6 heteroatoms. The minimum absolute atomic E-state index is 0.188. The van der Waals surface area contributed by atoms with E-state index in [0.717, 1.165) is 11.2 Å². The summed E-state index contributed by atoms with van der Waals surface area (Å²) in [7, 11) is -2.15. The summed E-state index contributed by atoms with van der Waals surface area (Å²) in [5, 5.41) is 0.188. The maximum absolute atomic E-state index is 6.36. The lowest BCUT2D eigenvalue weighted by Crippen LogP contribution is -2.46. The zero-order valence-electron chi connectivity index (χ0n) is 19.7. The molecule has 0 radical (unpaired) electrons. The Kier molecular flexibility index (Phi) is 6.25. The Morgan fingerprint density at radius 1 is 0.893 bits per heavy atom. The first-order valence-electron chi connectivity index (χ1n) is 10.2. The van der Waals surface area contributed by atoms with Crippen LogP contribution in [0.1, 0.15) is 62.3 Å². The van der Waals surface area contributed by atoms with Crippen molar-refractivity contribution in [1.29, 1.82) is 0 Å². The first kappa shape index (κ1) is 23.5. The fourth-order valence-corrected chi connectivity index (χ4v) is 3.73. The van der Waals surface area contributed by atoms with Crippen LogP contribution in [0, 0.1) is 0 Å².